The summed E-state index contributed by atoms with van der Waals surface area (Å²) >= 11 is 1.38. The van der Waals surface area contributed by atoms with Gasteiger partial charge in [0, 0.05) is 4.88 Å². The molecule has 2 N–H and O–H groups in total. The number of hydrogen-bond acceptors (Lipinski definition) is 7. The summed E-state index contributed by atoms with van der Waals surface area (Å²) in [5.74, 6) is -1.62. The molecule has 7 nitrogen and oxygen atoms in total. The number of rotatable bonds is 6. The predicted molar refractivity (Wildman–Crippen MR) is 104 cm³/mol. The number of hydrogen-bond donors (Lipinski definition) is 2. The Morgan fingerprint density at radius 2 is 1.79 bits per heavy atom. The summed E-state index contributed by atoms with van der Waals surface area (Å²) in [6.07, 6.45) is 3.70. The number of aryl methyl sites for hydroxylation is 1. The van der Waals surface area contributed by atoms with Crippen LogP contribution >= 0.6 is 11.3 Å². The number of phenolic OH excluding ortho intramolecular Hbond substituents is 1. The van der Waals surface area contributed by atoms with E-state index in [0.717, 1.165) is 36.1 Å². The van der Waals surface area contributed by atoms with Crippen LogP contribution < -0.4 is 5.32 Å². The fraction of sp³-hybridized carbons (Fsp3) is 0.350. The standard InChI is InChI=1S/C20H21NO6S/c1-2-26-20(25)17-14-5-3-4-6-15(14)28-18(17)21-16(23)11-27-19(24)12-7-9-13(22)10-8-12/h7-10,22H,2-6,11H2,1H3,(H,21,23). The molecule has 1 aromatic carbocycles. The van der Waals surface area contributed by atoms with Gasteiger partial charge in [-0.2, -0.15) is 0 Å². The van der Waals surface area contributed by atoms with Crippen molar-refractivity contribution in [3.63, 3.8) is 0 Å². The summed E-state index contributed by atoms with van der Waals surface area (Å²) in [4.78, 5) is 37.7. The molecule has 1 aromatic heterocycles. The van der Waals surface area contributed by atoms with Gasteiger partial charge in [0.25, 0.3) is 5.91 Å². The summed E-state index contributed by atoms with van der Waals surface area (Å²) in [6, 6.07) is 5.53. The highest BCUT2D eigenvalue weighted by molar-refractivity contribution is 7.17. The van der Waals surface area contributed by atoms with Crippen LogP contribution in [0.15, 0.2) is 24.3 Å². The number of carbonyl (C=O) groups is 3. The van der Waals surface area contributed by atoms with E-state index in [9.17, 15) is 19.5 Å². The second-order valence-electron chi connectivity index (χ2n) is 6.31. The average molecular weight is 403 g/mol. The Morgan fingerprint density at radius 1 is 1.07 bits per heavy atom. The Morgan fingerprint density at radius 3 is 2.50 bits per heavy atom. The average Bonchev–Trinajstić information content (AvgIpc) is 3.04. The molecule has 1 aliphatic carbocycles. The van der Waals surface area contributed by atoms with E-state index in [0.29, 0.717) is 10.6 Å². The fourth-order valence-electron chi connectivity index (χ4n) is 3.05. The zero-order valence-electron chi connectivity index (χ0n) is 15.4. The molecule has 0 saturated heterocycles. The molecule has 0 atom stereocenters. The molecule has 8 heteroatoms. The van der Waals surface area contributed by atoms with Gasteiger partial charge in [-0.3, -0.25) is 4.79 Å². The maximum atomic E-state index is 12.4. The molecule has 0 bridgehead atoms. The number of amides is 1. The first kappa shape index (κ1) is 19.9. The van der Waals surface area contributed by atoms with Crippen LogP contribution in [0.5, 0.6) is 5.75 Å². The molecule has 0 fully saturated rings. The largest absolute Gasteiger partial charge is 0.508 e. The van der Waals surface area contributed by atoms with Gasteiger partial charge < -0.3 is 19.9 Å². The zero-order valence-corrected chi connectivity index (χ0v) is 16.3. The van der Waals surface area contributed by atoms with Crippen LogP contribution in [-0.2, 0) is 27.1 Å². The molecule has 0 spiro atoms. The molecule has 0 saturated carbocycles. The molecule has 28 heavy (non-hydrogen) atoms. The molecule has 0 aliphatic heterocycles. The number of ether oxygens (including phenoxy) is 2. The van der Waals surface area contributed by atoms with E-state index in [4.69, 9.17) is 9.47 Å². The van der Waals surface area contributed by atoms with Gasteiger partial charge in [0.1, 0.15) is 10.8 Å². The normalized spacial score (nSPS) is 12.8. The summed E-state index contributed by atoms with van der Waals surface area (Å²) < 4.78 is 10.2. The zero-order chi connectivity index (χ0) is 20.1. The quantitative estimate of drug-likeness (QED) is 0.718. The molecule has 148 valence electrons. The molecule has 3 rings (SSSR count). The van der Waals surface area contributed by atoms with Crippen molar-refractivity contribution in [3.05, 3.63) is 45.8 Å². The monoisotopic (exact) mass is 403 g/mol. The molecular formula is C20H21NO6S. The molecule has 1 aliphatic rings. The first-order chi connectivity index (χ1) is 13.5. The first-order valence-corrected chi connectivity index (χ1v) is 9.89. The minimum Gasteiger partial charge on any atom is -0.508 e. The smallest absolute Gasteiger partial charge is 0.341 e. The molecule has 1 amide bonds. The van der Waals surface area contributed by atoms with Gasteiger partial charge in [-0.1, -0.05) is 0 Å². The van der Waals surface area contributed by atoms with Crippen molar-refractivity contribution in [2.45, 2.75) is 32.6 Å². The maximum absolute atomic E-state index is 12.4. The third-order valence-corrected chi connectivity index (χ3v) is 5.55. The highest BCUT2D eigenvalue weighted by Gasteiger charge is 2.27. The lowest BCUT2D eigenvalue weighted by Crippen LogP contribution is -2.22. The Hall–Kier alpha value is -2.87. The maximum Gasteiger partial charge on any atom is 0.341 e. The van der Waals surface area contributed by atoms with Gasteiger partial charge in [0.15, 0.2) is 6.61 Å². The van der Waals surface area contributed by atoms with Crippen molar-refractivity contribution in [2.75, 3.05) is 18.5 Å². The number of thiophene rings is 1. The van der Waals surface area contributed by atoms with Crippen LogP contribution in [0.4, 0.5) is 5.00 Å². The molecule has 2 aromatic rings. The van der Waals surface area contributed by atoms with Crippen LogP contribution in [0.1, 0.15) is 50.9 Å². The summed E-state index contributed by atoms with van der Waals surface area (Å²) in [5, 5.41) is 12.4. The van der Waals surface area contributed by atoms with E-state index in [1.165, 1.54) is 35.6 Å². The van der Waals surface area contributed by atoms with Crippen LogP contribution in [0.2, 0.25) is 0 Å². The summed E-state index contributed by atoms with van der Waals surface area (Å²) in [7, 11) is 0. The second-order valence-corrected chi connectivity index (χ2v) is 7.41. The number of esters is 2. The molecule has 0 unspecified atom stereocenters. The van der Waals surface area contributed by atoms with Gasteiger partial charge >= 0.3 is 11.9 Å². The van der Waals surface area contributed by atoms with E-state index >= 15 is 0 Å². The third-order valence-electron chi connectivity index (χ3n) is 4.34. The Kier molecular flexibility index (Phi) is 6.30. The van der Waals surface area contributed by atoms with E-state index in [1.54, 1.807) is 6.92 Å². The lowest BCUT2D eigenvalue weighted by molar-refractivity contribution is -0.119. The SMILES string of the molecule is CCOC(=O)c1c(NC(=O)COC(=O)c2ccc(O)cc2)sc2c1CCCC2. The van der Waals surface area contributed by atoms with Crippen LogP contribution in [0, 0.1) is 0 Å². The Balaban J connectivity index is 1.68. The van der Waals surface area contributed by atoms with Crippen molar-refractivity contribution >= 4 is 34.2 Å². The lowest BCUT2D eigenvalue weighted by atomic mass is 9.95. The van der Waals surface area contributed by atoms with Gasteiger partial charge in [0.05, 0.1) is 17.7 Å². The number of phenols is 1. The molecule has 1 heterocycles. The Labute approximate surface area is 166 Å². The Bertz CT molecular complexity index is 887. The number of nitrogens with one attached hydrogen (secondary N) is 1. The molecular weight excluding hydrogens is 382 g/mol. The van der Waals surface area contributed by atoms with Crippen molar-refractivity contribution in [3.8, 4) is 5.75 Å². The topological polar surface area (TPSA) is 102 Å². The van der Waals surface area contributed by atoms with E-state index < -0.39 is 24.5 Å². The van der Waals surface area contributed by atoms with E-state index in [1.807, 2.05) is 0 Å². The van der Waals surface area contributed by atoms with Crippen molar-refractivity contribution in [2.24, 2.45) is 0 Å². The van der Waals surface area contributed by atoms with Crippen molar-refractivity contribution in [1.82, 2.24) is 0 Å². The third kappa shape index (κ3) is 4.51. The second kappa shape index (κ2) is 8.88. The van der Waals surface area contributed by atoms with Gasteiger partial charge in [-0.15, -0.1) is 11.3 Å². The fourth-order valence-corrected chi connectivity index (χ4v) is 4.34. The molecule has 0 radical (unpaired) electrons. The van der Waals surface area contributed by atoms with Crippen LogP contribution in [0.25, 0.3) is 0 Å². The van der Waals surface area contributed by atoms with Crippen LogP contribution in [-0.4, -0.2) is 36.2 Å². The van der Waals surface area contributed by atoms with Crippen molar-refractivity contribution in [1.29, 1.82) is 0 Å². The van der Waals surface area contributed by atoms with Gasteiger partial charge in [-0.05, 0) is 62.4 Å². The first-order valence-electron chi connectivity index (χ1n) is 9.07. The van der Waals surface area contributed by atoms with Gasteiger partial charge in [0.2, 0.25) is 0 Å². The van der Waals surface area contributed by atoms with E-state index in [2.05, 4.69) is 5.32 Å². The highest BCUT2D eigenvalue weighted by Crippen LogP contribution is 2.38. The summed E-state index contributed by atoms with van der Waals surface area (Å²) in [5.41, 5.74) is 1.59. The predicted octanol–water partition coefficient (Wildman–Crippen LogP) is 3.30. The number of aromatic hydroxyl groups is 1. The van der Waals surface area contributed by atoms with Crippen molar-refractivity contribution < 1.29 is 29.0 Å². The summed E-state index contributed by atoms with van der Waals surface area (Å²) in [6.45, 7) is 1.50. The number of anilines is 1. The highest BCUT2D eigenvalue weighted by atomic mass is 32.1. The minimum atomic E-state index is -0.675. The number of fused-ring (bicyclic) bond motifs is 1. The van der Waals surface area contributed by atoms with Crippen LogP contribution in [0.3, 0.4) is 0 Å². The van der Waals surface area contributed by atoms with E-state index in [-0.39, 0.29) is 17.9 Å². The minimum absolute atomic E-state index is 0.0300. The number of carbonyl (C=O) groups excluding carboxylic acids is 3. The number of benzene rings is 1. The van der Waals surface area contributed by atoms with Gasteiger partial charge in [-0.25, -0.2) is 9.59 Å². The lowest BCUT2D eigenvalue weighted by Gasteiger charge is -2.12.